The van der Waals surface area contributed by atoms with Crippen LogP contribution in [0.25, 0.3) is 0 Å². The monoisotopic (exact) mass is 376 g/mol. The Labute approximate surface area is 162 Å². The van der Waals surface area contributed by atoms with Gasteiger partial charge in [-0.15, -0.1) is 0 Å². The van der Waals surface area contributed by atoms with Crippen molar-refractivity contribution >= 4 is 11.8 Å². The number of benzene rings is 1. The highest BCUT2D eigenvalue weighted by molar-refractivity contribution is 5.81. The molecule has 6 nitrogen and oxygen atoms in total. The molecular weight excluding hydrogens is 344 g/mol. The number of methoxy groups -OCH3 is 2. The van der Waals surface area contributed by atoms with Crippen LogP contribution in [0.4, 0.5) is 0 Å². The largest absolute Gasteiger partial charge is 0.493 e. The van der Waals surface area contributed by atoms with E-state index >= 15 is 0 Å². The Kier molecular flexibility index (Phi) is 7.51. The maximum absolute atomic E-state index is 13.0. The summed E-state index contributed by atoms with van der Waals surface area (Å²) in [7, 11) is 3.21. The first-order valence-corrected chi connectivity index (χ1v) is 9.69. The van der Waals surface area contributed by atoms with Gasteiger partial charge in [-0.3, -0.25) is 9.59 Å². The number of amides is 2. The molecule has 6 heteroatoms. The van der Waals surface area contributed by atoms with Crippen LogP contribution in [0.2, 0.25) is 0 Å². The Hall–Kier alpha value is -2.24. The molecule has 0 spiro atoms. The van der Waals surface area contributed by atoms with Gasteiger partial charge in [0.2, 0.25) is 11.8 Å². The van der Waals surface area contributed by atoms with Crippen molar-refractivity contribution in [3.63, 3.8) is 0 Å². The zero-order valence-corrected chi connectivity index (χ0v) is 17.2. The normalized spacial score (nSPS) is 15.0. The summed E-state index contributed by atoms with van der Waals surface area (Å²) in [4.78, 5) is 28.9. The first kappa shape index (κ1) is 21.1. The van der Waals surface area contributed by atoms with E-state index in [-0.39, 0.29) is 23.7 Å². The van der Waals surface area contributed by atoms with Crippen molar-refractivity contribution in [2.75, 3.05) is 33.9 Å². The molecule has 1 saturated heterocycles. The molecule has 2 rings (SSSR count). The van der Waals surface area contributed by atoms with Gasteiger partial charge in [-0.1, -0.05) is 19.9 Å². The molecule has 1 aliphatic heterocycles. The van der Waals surface area contributed by atoms with Crippen LogP contribution in [0.15, 0.2) is 18.2 Å². The lowest BCUT2D eigenvalue weighted by atomic mass is 9.94. The number of carbonyl (C=O) groups is 2. The summed E-state index contributed by atoms with van der Waals surface area (Å²) < 4.78 is 10.6. The zero-order valence-electron chi connectivity index (χ0n) is 17.2. The summed E-state index contributed by atoms with van der Waals surface area (Å²) in [6.07, 6.45) is 1.47. The number of hydrogen-bond acceptors (Lipinski definition) is 4. The summed E-state index contributed by atoms with van der Waals surface area (Å²) in [6.45, 7) is 8.36. The SMILES string of the molecule is CCN(Cc1ccc(OC)c(OC)c1)C(=O)C1CCN(C(=O)C(C)C)CC1. The minimum absolute atomic E-state index is 0.00874. The van der Waals surface area contributed by atoms with E-state index in [1.54, 1.807) is 14.2 Å². The number of hydrogen-bond donors (Lipinski definition) is 0. The molecule has 0 aromatic heterocycles. The van der Waals surface area contributed by atoms with Crippen molar-refractivity contribution in [2.24, 2.45) is 11.8 Å². The number of piperidine rings is 1. The second kappa shape index (κ2) is 9.62. The van der Waals surface area contributed by atoms with Crippen molar-refractivity contribution < 1.29 is 19.1 Å². The molecule has 150 valence electrons. The average Bonchev–Trinajstić information content (AvgIpc) is 2.70. The summed E-state index contributed by atoms with van der Waals surface area (Å²) in [6, 6.07) is 5.74. The molecule has 0 unspecified atom stereocenters. The maximum atomic E-state index is 13.0. The molecule has 1 aromatic carbocycles. The minimum Gasteiger partial charge on any atom is -0.493 e. The van der Waals surface area contributed by atoms with E-state index in [0.29, 0.717) is 37.7 Å². The van der Waals surface area contributed by atoms with E-state index in [2.05, 4.69) is 0 Å². The maximum Gasteiger partial charge on any atom is 0.226 e. The molecule has 0 bridgehead atoms. The third-order valence-corrected chi connectivity index (χ3v) is 5.16. The first-order chi connectivity index (χ1) is 12.9. The molecule has 0 atom stereocenters. The van der Waals surface area contributed by atoms with Crippen LogP contribution in [0.1, 0.15) is 39.2 Å². The number of rotatable bonds is 7. The lowest BCUT2D eigenvalue weighted by molar-refractivity contribution is -0.142. The Morgan fingerprint density at radius 3 is 2.30 bits per heavy atom. The molecule has 0 radical (unpaired) electrons. The Bertz CT molecular complexity index is 652. The molecule has 2 amide bonds. The molecule has 1 heterocycles. The summed E-state index contributed by atoms with van der Waals surface area (Å²) in [5.74, 6) is 1.69. The smallest absolute Gasteiger partial charge is 0.226 e. The molecular formula is C21H32N2O4. The topological polar surface area (TPSA) is 59.1 Å². The van der Waals surface area contributed by atoms with E-state index in [0.717, 1.165) is 18.4 Å². The Balaban J connectivity index is 1.99. The third-order valence-electron chi connectivity index (χ3n) is 5.16. The van der Waals surface area contributed by atoms with Crippen molar-refractivity contribution in [3.8, 4) is 11.5 Å². The second-order valence-electron chi connectivity index (χ2n) is 7.30. The third kappa shape index (κ3) is 5.15. The second-order valence-corrected chi connectivity index (χ2v) is 7.30. The predicted molar refractivity (Wildman–Crippen MR) is 105 cm³/mol. The van der Waals surface area contributed by atoms with E-state index in [4.69, 9.17) is 9.47 Å². The van der Waals surface area contributed by atoms with Crippen molar-refractivity contribution in [1.29, 1.82) is 0 Å². The number of nitrogens with zero attached hydrogens (tertiary/aromatic N) is 2. The van der Waals surface area contributed by atoms with Gasteiger partial charge in [0.1, 0.15) is 0 Å². The van der Waals surface area contributed by atoms with Gasteiger partial charge in [0.25, 0.3) is 0 Å². The molecule has 0 N–H and O–H groups in total. The number of carbonyl (C=O) groups excluding carboxylic acids is 2. The van der Waals surface area contributed by atoms with Gasteiger partial charge in [0.15, 0.2) is 11.5 Å². The quantitative estimate of drug-likeness (QED) is 0.734. The first-order valence-electron chi connectivity index (χ1n) is 9.69. The predicted octanol–water partition coefficient (Wildman–Crippen LogP) is 2.95. The molecule has 0 aliphatic carbocycles. The molecule has 1 aromatic rings. The highest BCUT2D eigenvalue weighted by Gasteiger charge is 2.30. The molecule has 27 heavy (non-hydrogen) atoms. The van der Waals surface area contributed by atoms with Crippen LogP contribution in [-0.4, -0.2) is 55.5 Å². The fourth-order valence-corrected chi connectivity index (χ4v) is 3.52. The number of likely N-dealkylation sites (tertiary alicyclic amines) is 1. The van der Waals surface area contributed by atoms with Gasteiger partial charge in [-0.2, -0.15) is 0 Å². The minimum atomic E-state index is -0.0127. The molecule has 1 fully saturated rings. The summed E-state index contributed by atoms with van der Waals surface area (Å²) in [5.41, 5.74) is 1.01. The average molecular weight is 376 g/mol. The van der Waals surface area contributed by atoms with Crippen LogP contribution in [0.5, 0.6) is 11.5 Å². The Morgan fingerprint density at radius 2 is 1.78 bits per heavy atom. The van der Waals surface area contributed by atoms with Gasteiger partial charge >= 0.3 is 0 Å². The summed E-state index contributed by atoms with van der Waals surface area (Å²) >= 11 is 0. The van der Waals surface area contributed by atoms with Crippen LogP contribution >= 0.6 is 0 Å². The van der Waals surface area contributed by atoms with E-state index in [9.17, 15) is 9.59 Å². The fraction of sp³-hybridized carbons (Fsp3) is 0.619. The number of ether oxygens (including phenoxy) is 2. The fourth-order valence-electron chi connectivity index (χ4n) is 3.52. The van der Waals surface area contributed by atoms with Crippen LogP contribution in [-0.2, 0) is 16.1 Å². The Morgan fingerprint density at radius 1 is 1.15 bits per heavy atom. The van der Waals surface area contributed by atoms with Gasteiger partial charge in [-0.05, 0) is 37.5 Å². The lowest BCUT2D eigenvalue weighted by Gasteiger charge is -2.35. The van der Waals surface area contributed by atoms with Gasteiger partial charge < -0.3 is 19.3 Å². The van der Waals surface area contributed by atoms with Crippen molar-refractivity contribution in [1.82, 2.24) is 9.80 Å². The van der Waals surface area contributed by atoms with E-state index in [1.165, 1.54) is 0 Å². The molecule has 1 aliphatic rings. The highest BCUT2D eigenvalue weighted by atomic mass is 16.5. The molecule has 0 saturated carbocycles. The summed E-state index contributed by atoms with van der Waals surface area (Å²) in [5, 5.41) is 0. The lowest BCUT2D eigenvalue weighted by Crippen LogP contribution is -2.45. The van der Waals surface area contributed by atoms with E-state index in [1.807, 2.05) is 48.8 Å². The van der Waals surface area contributed by atoms with Crippen molar-refractivity contribution in [2.45, 2.75) is 40.2 Å². The van der Waals surface area contributed by atoms with Crippen molar-refractivity contribution in [3.05, 3.63) is 23.8 Å². The van der Waals surface area contributed by atoms with Crippen LogP contribution < -0.4 is 9.47 Å². The van der Waals surface area contributed by atoms with Gasteiger partial charge in [0.05, 0.1) is 14.2 Å². The standard InChI is InChI=1S/C21H32N2O4/c1-6-22(14-16-7-8-18(26-4)19(13-16)27-5)21(25)17-9-11-23(12-10-17)20(24)15(2)3/h7-8,13,15,17H,6,9-12,14H2,1-5H3. The van der Waals surface area contributed by atoms with Gasteiger partial charge in [0, 0.05) is 38.0 Å². The highest BCUT2D eigenvalue weighted by Crippen LogP contribution is 2.28. The van der Waals surface area contributed by atoms with E-state index < -0.39 is 0 Å². The van der Waals surface area contributed by atoms with Crippen LogP contribution in [0.3, 0.4) is 0 Å². The zero-order chi connectivity index (χ0) is 20.0. The van der Waals surface area contributed by atoms with Gasteiger partial charge in [-0.25, -0.2) is 0 Å². The van der Waals surface area contributed by atoms with Crippen LogP contribution in [0, 0.1) is 11.8 Å².